The summed E-state index contributed by atoms with van der Waals surface area (Å²) in [4.78, 5) is 11.7. The summed E-state index contributed by atoms with van der Waals surface area (Å²) in [5, 5.41) is 6.22. The Kier molecular flexibility index (Phi) is 3.79. The fourth-order valence-corrected chi connectivity index (χ4v) is 2.25. The van der Waals surface area contributed by atoms with Crippen LogP contribution < -0.4 is 10.6 Å². The van der Waals surface area contributed by atoms with Gasteiger partial charge in [0.1, 0.15) is 0 Å². The third kappa shape index (κ3) is 3.07. The normalized spacial score (nSPS) is 18.2. The quantitative estimate of drug-likeness (QED) is 0.831. The molecule has 0 saturated heterocycles. The van der Waals surface area contributed by atoms with E-state index in [4.69, 9.17) is 0 Å². The van der Waals surface area contributed by atoms with Crippen molar-refractivity contribution < 1.29 is 4.79 Å². The van der Waals surface area contributed by atoms with Gasteiger partial charge in [-0.25, -0.2) is 0 Å². The van der Waals surface area contributed by atoms with Crippen LogP contribution in [-0.2, 0) is 11.2 Å². The maximum absolute atomic E-state index is 11.7. The summed E-state index contributed by atoms with van der Waals surface area (Å²) in [5.74, 6) is 0.0837. The third-order valence-corrected chi connectivity index (χ3v) is 3.14. The van der Waals surface area contributed by atoms with Gasteiger partial charge in [-0.2, -0.15) is 0 Å². The van der Waals surface area contributed by atoms with E-state index in [2.05, 4.69) is 28.8 Å². The van der Waals surface area contributed by atoms with E-state index in [1.54, 1.807) is 0 Å². The van der Waals surface area contributed by atoms with Gasteiger partial charge >= 0.3 is 0 Å². The Morgan fingerprint density at radius 2 is 2.18 bits per heavy atom. The monoisotopic (exact) mass is 232 g/mol. The Morgan fingerprint density at radius 1 is 1.41 bits per heavy atom. The molecule has 92 valence electrons. The number of amides is 1. The number of aryl methyl sites for hydroxylation is 1. The van der Waals surface area contributed by atoms with E-state index >= 15 is 0 Å². The number of carbonyl (C=O) groups is 1. The molecular weight excluding hydrogens is 212 g/mol. The Labute approximate surface area is 103 Å². The lowest BCUT2D eigenvalue weighted by Crippen LogP contribution is -2.38. The van der Waals surface area contributed by atoms with Crippen molar-refractivity contribution in [1.82, 2.24) is 10.6 Å². The molecule has 1 aliphatic carbocycles. The van der Waals surface area contributed by atoms with E-state index in [-0.39, 0.29) is 11.9 Å². The number of hydrogen-bond acceptors (Lipinski definition) is 2. The van der Waals surface area contributed by atoms with Gasteiger partial charge < -0.3 is 10.6 Å². The summed E-state index contributed by atoms with van der Waals surface area (Å²) in [6, 6.07) is 8.90. The van der Waals surface area contributed by atoms with E-state index in [1.807, 2.05) is 19.9 Å². The van der Waals surface area contributed by atoms with Crippen LogP contribution in [0.5, 0.6) is 0 Å². The van der Waals surface area contributed by atoms with Gasteiger partial charge in [-0.3, -0.25) is 4.79 Å². The molecule has 1 amide bonds. The first-order valence-corrected chi connectivity index (χ1v) is 6.27. The maximum atomic E-state index is 11.7. The second-order valence-corrected chi connectivity index (χ2v) is 4.89. The van der Waals surface area contributed by atoms with Crippen molar-refractivity contribution in [2.45, 2.75) is 38.8 Å². The van der Waals surface area contributed by atoms with Gasteiger partial charge in [0.2, 0.25) is 5.91 Å². The topological polar surface area (TPSA) is 41.1 Å². The number of benzene rings is 1. The summed E-state index contributed by atoms with van der Waals surface area (Å²) in [6.07, 6.45) is 2.09. The van der Waals surface area contributed by atoms with E-state index in [0.29, 0.717) is 12.6 Å². The molecule has 3 nitrogen and oxygen atoms in total. The van der Waals surface area contributed by atoms with Gasteiger partial charge in [0, 0.05) is 6.04 Å². The fourth-order valence-electron chi connectivity index (χ4n) is 2.25. The standard InChI is InChI=1S/C14H20N2O/c1-10(2)15-9-14(17)16-13-8-7-11-5-3-4-6-12(11)13/h3-6,10,13,15H,7-9H2,1-2H3,(H,16,17). The lowest BCUT2D eigenvalue weighted by Gasteiger charge is -2.15. The highest BCUT2D eigenvalue weighted by atomic mass is 16.1. The van der Waals surface area contributed by atoms with Crippen LogP contribution in [0.2, 0.25) is 0 Å². The summed E-state index contributed by atoms with van der Waals surface area (Å²) in [7, 11) is 0. The lowest BCUT2D eigenvalue weighted by atomic mass is 10.1. The molecule has 0 aromatic heterocycles. The van der Waals surface area contributed by atoms with Gasteiger partial charge in [0.25, 0.3) is 0 Å². The first kappa shape index (κ1) is 12.1. The highest BCUT2D eigenvalue weighted by molar-refractivity contribution is 5.78. The molecule has 2 rings (SSSR count). The molecular formula is C14H20N2O. The third-order valence-electron chi connectivity index (χ3n) is 3.14. The van der Waals surface area contributed by atoms with Crippen LogP contribution in [0.1, 0.15) is 37.4 Å². The Hall–Kier alpha value is -1.35. The summed E-state index contributed by atoms with van der Waals surface area (Å²) >= 11 is 0. The van der Waals surface area contributed by atoms with Crippen LogP contribution in [0, 0.1) is 0 Å². The van der Waals surface area contributed by atoms with Crippen molar-refractivity contribution in [1.29, 1.82) is 0 Å². The molecule has 0 spiro atoms. The summed E-state index contributed by atoms with van der Waals surface area (Å²) < 4.78 is 0. The van der Waals surface area contributed by atoms with E-state index in [9.17, 15) is 4.79 Å². The molecule has 1 unspecified atom stereocenters. The predicted molar refractivity (Wildman–Crippen MR) is 68.8 cm³/mol. The van der Waals surface area contributed by atoms with E-state index in [0.717, 1.165) is 12.8 Å². The molecule has 0 radical (unpaired) electrons. The van der Waals surface area contributed by atoms with Crippen LogP contribution in [0.15, 0.2) is 24.3 Å². The highest BCUT2D eigenvalue weighted by Crippen LogP contribution is 2.30. The Morgan fingerprint density at radius 3 is 2.94 bits per heavy atom. The van der Waals surface area contributed by atoms with Gasteiger partial charge in [0.05, 0.1) is 12.6 Å². The first-order chi connectivity index (χ1) is 8.16. The molecule has 0 bridgehead atoms. The molecule has 0 fully saturated rings. The van der Waals surface area contributed by atoms with Crippen molar-refractivity contribution in [2.24, 2.45) is 0 Å². The Bertz CT molecular complexity index is 401. The molecule has 1 aromatic carbocycles. The van der Waals surface area contributed by atoms with Gasteiger partial charge in [0.15, 0.2) is 0 Å². The zero-order valence-corrected chi connectivity index (χ0v) is 10.5. The molecule has 17 heavy (non-hydrogen) atoms. The molecule has 0 saturated carbocycles. The number of carbonyl (C=O) groups excluding carboxylic acids is 1. The zero-order valence-electron chi connectivity index (χ0n) is 10.5. The number of nitrogens with one attached hydrogen (secondary N) is 2. The van der Waals surface area contributed by atoms with Crippen LogP contribution in [0.3, 0.4) is 0 Å². The largest absolute Gasteiger partial charge is 0.348 e. The van der Waals surface area contributed by atoms with Gasteiger partial charge in [-0.15, -0.1) is 0 Å². The summed E-state index contributed by atoms with van der Waals surface area (Å²) in [6.45, 7) is 4.48. The minimum Gasteiger partial charge on any atom is -0.348 e. The van der Waals surface area contributed by atoms with E-state index < -0.39 is 0 Å². The maximum Gasteiger partial charge on any atom is 0.234 e. The van der Waals surface area contributed by atoms with Crippen LogP contribution in [0.25, 0.3) is 0 Å². The van der Waals surface area contributed by atoms with Gasteiger partial charge in [-0.05, 0) is 24.0 Å². The average Bonchev–Trinajstić information content (AvgIpc) is 2.70. The molecule has 1 aromatic rings. The number of hydrogen-bond donors (Lipinski definition) is 2. The molecule has 1 atom stereocenters. The molecule has 0 aliphatic heterocycles. The first-order valence-electron chi connectivity index (χ1n) is 6.27. The molecule has 1 aliphatic rings. The molecule has 3 heteroatoms. The number of fused-ring (bicyclic) bond motifs is 1. The lowest BCUT2D eigenvalue weighted by molar-refractivity contribution is -0.121. The predicted octanol–water partition coefficient (Wildman–Crippen LogP) is 1.79. The smallest absolute Gasteiger partial charge is 0.234 e. The highest BCUT2D eigenvalue weighted by Gasteiger charge is 2.22. The van der Waals surface area contributed by atoms with Crippen molar-refractivity contribution in [3.05, 3.63) is 35.4 Å². The van der Waals surface area contributed by atoms with Crippen molar-refractivity contribution >= 4 is 5.91 Å². The second-order valence-electron chi connectivity index (χ2n) is 4.89. The second kappa shape index (κ2) is 5.32. The minimum absolute atomic E-state index is 0.0837. The van der Waals surface area contributed by atoms with Gasteiger partial charge in [-0.1, -0.05) is 38.1 Å². The molecule has 0 heterocycles. The Balaban J connectivity index is 1.91. The van der Waals surface area contributed by atoms with Crippen molar-refractivity contribution in [3.8, 4) is 0 Å². The van der Waals surface area contributed by atoms with Crippen LogP contribution in [-0.4, -0.2) is 18.5 Å². The van der Waals surface area contributed by atoms with Crippen molar-refractivity contribution in [3.63, 3.8) is 0 Å². The summed E-state index contributed by atoms with van der Waals surface area (Å²) in [5.41, 5.74) is 2.65. The minimum atomic E-state index is 0.0837. The number of rotatable bonds is 4. The van der Waals surface area contributed by atoms with Crippen molar-refractivity contribution in [2.75, 3.05) is 6.54 Å². The van der Waals surface area contributed by atoms with Crippen LogP contribution in [0.4, 0.5) is 0 Å². The van der Waals surface area contributed by atoms with Crippen LogP contribution >= 0.6 is 0 Å². The fraction of sp³-hybridized carbons (Fsp3) is 0.500. The molecule has 2 N–H and O–H groups in total. The van der Waals surface area contributed by atoms with E-state index in [1.165, 1.54) is 11.1 Å². The average molecular weight is 232 g/mol. The zero-order chi connectivity index (χ0) is 12.3. The SMILES string of the molecule is CC(C)NCC(=O)NC1CCc2ccccc21.